The van der Waals surface area contributed by atoms with Crippen molar-refractivity contribution in [2.24, 2.45) is 5.92 Å². The van der Waals surface area contributed by atoms with Gasteiger partial charge in [0.05, 0.1) is 11.5 Å². The summed E-state index contributed by atoms with van der Waals surface area (Å²) >= 11 is 5.96. The Morgan fingerprint density at radius 3 is 2.47 bits per heavy atom. The van der Waals surface area contributed by atoms with Gasteiger partial charge in [-0.2, -0.15) is 5.26 Å². The van der Waals surface area contributed by atoms with Crippen LogP contribution in [0.15, 0.2) is 72.8 Å². The van der Waals surface area contributed by atoms with Gasteiger partial charge in [0.25, 0.3) is 0 Å². The summed E-state index contributed by atoms with van der Waals surface area (Å²) in [6, 6.07) is 23.7. The minimum Gasteiger partial charge on any atom is -0.460 e. The van der Waals surface area contributed by atoms with Crippen molar-refractivity contribution in [2.45, 2.75) is 26.4 Å². The molecule has 0 spiro atoms. The van der Waals surface area contributed by atoms with Crippen LogP contribution in [0.1, 0.15) is 36.5 Å². The van der Waals surface area contributed by atoms with E-state index in [0.717, 1.165) is 11.1 Å². The number of carbonyl (C=O) groups is 1. The molecule has 3 rings (SSSR count). The zero-order chi connectivity index (χ0) is 21.5. The maximum atomic E-state index is 12.8. The fraction of sp³-hybridized carbons (Fsp3) is 0.200. The van der Waals surface area contributed by atoms with E-state index in [-0.39, 0.29) is 24.4 Å². The lowest BCUT2D eigenvalue weighted by molar-refractivity contribution is -0.148. The van der Waals surface area contributed by atoms with Crippen molar-refractivity contribution in [3.63, 3.8) is 0 Å². The molecule has 0 aliphatic heterocycles. The fourth-order valence-corrected chi connectivity index (χ4v) is 3.31. The van der Waals surface area contributed by atoms with E-state index in [2.05, 4.69) is 6.07 Å². The quantitative estimate of drug-likeness (QED) is 0.411. The molecule has 4 nitrogen and oxygen atoms in total. The molecule has 30 heavy (non-hydrogen) atoms. The molecule has 0 aliphatic rings. The summed E-state index contributed by atoms with van der Waals surface area (Å²) in [6.45, 7) is 4.11. The summed E-state index contributed by atoms with van der Waals surface area (Å²) in [5, 5.41) is 9.84. The summed E-state index contributed by atoms with van der Waals surface area (Å²) in [5.41, 5.74) is 2.13. The molecule has 0 bridgehead atoms. The van der Waals surface area contributed by atoms with E-state index in [4.69, 9.17) is 21.1 Å². The largest absolute Gasteiger partial charge is 0.460 e. The lowest BCUT2D eigenvalue weighted by Crippen LogP contribution is -2.20. The van der Waals surface area contributed by atoms with Gasteiger partial charge in [0.2, 0.25) is 0 Å². The van der Waals surface area contributed by atoms with Crippen LogP contribution in [0, 0.1) is 17.2 Å². The number of hydrogen-bond donors (Lipinski definition) is 0. The zero-order valence-corrected chi connectivity index (χ0v) is 17.6. The second-order valence-corrected chi connectivity index (χ2v) is 7.67. The number of halogens is 1. The maximum Gasteiger partial charge on any atom is 0.314 e. The Labute approximate surface area is 181 Å². The summed E-state index contributed by atoms with van der Waals surface area (Å²) in [7, 11) is 0. The van der Waals surface area contributed by atoms with E-state index >= 15 is 0 Å². The summed E-state index contributed by atoms with van der Waals surface area (Å²) < 4.78 is 11.4. The van der Waals surface area contributed by atoms with Crippen molar-refractivity contribution < 1.29 is 14.3 Å². The van der Waals surface area contributed by atoms with Gasteiger partial charge in [0.15, 0.2) is 0 Å². The van der Waals surface area contributed by atoms with Gasteiger partial charge in [-0.3, -0.25) is 4.79 Å². The Hall–Kier alpha value is -3.29. The number of nitrogens with zero attached hydrogens (tertiary/aromatic N) is 1. The number of rotatable bonds is 7. The molecule has 3 aromatic carbocycles. The second-order valence-electron chi connectivity index (χ2n) is 7.24. The van der Waals surface area contributed by atoms with Crippen molar-refractivity contribution >= 4 is 17.6 Å². The van der Waals surface area contributed by atoms with Crippen LogP contribution < -0.4 is 4.74 Å². The standard InChI is InChI=1S/C25H22ClNO3/c1-17(2)24(19-10-12-21(26)13-11-19)25(28)29-16-18-6-5-8-22(14-18)30-23-9-4-3-7-20(23)15-27/h3-14,17,24H,16H2,1-2H3. The Bertz CT molecular complexity index is 1050. The molecule has 0 radical (unpaired) electrons. The fourth-order valence-electron chi connectivity index (χ4n) is 3.18. The normalized spacial score (nSPS) is 11.6. The highest BCUT2D eigenvalue weighted by Crippen LogP contribution is 2.29. The number of nitriles is 1. The van der Waals surface area contributed by atoms with Gasteiger partial charge in [-0.15, -0.1) is 0 Å². The van der Waals surface area contributed by atoms with E-state index in [1.54, 1.807) is 42.5 Å². The van der Waals surface area contributed by atoms with Crippen LogP contribution in [-0.2, 0) is 16.1 Å². The maximum absolute atomic E-state index is 12.8. The first-order valence-corrected chi connectivity index (χ1v) is 10.0. The first-order valence-electron chi connectivity index (χ1n) is 9.66. The molecule has 3 aromatic rings. The Morgan fingerprint density at radius 2 is 1.77 bits per heavy atom. The molecule has 0 heterocycles. The molecule has 1 atom stereocenters. The summed E-state index contributed by atoms with van der Waals surface area (Å²) in [4.78, 5) is 12.8. The highest BCUT2D eigenvalue weighted by molar-refractivity contribution is 6.30. The zero-order valence-electron chi connectivity index (χ0n) is 16.8. The van der Waals surface area contributed by atoms with E-state index in [1.165, 1.54) is 0 Å². The second kappa shape index (κ2) is 9.96. The molecule has 5 heteroatoms. The molecular weight excluding hydrogens is 398 g/mol. The van der Waals surface area contributed by atoms with Gasteiger partial charge in [-0.1, -0.05) is 61.8 Å². The van der Waals surface area contributed by atoms with Gasteiger partial charge < -0.3 is 9.47 Å². The third kappa shape index (κ3) is 5.40. The topological polar surface area (TPSA) is 59.3 Å². The van der Waals surface area contributed by atoms with Gasteiger partial charge in [-0.05, 0) is 53.4 Å². The SMILES string of the molecule is CC(C)C(C(=O)OCc1cccc(Oc2ccccc2C#N)c1)c1ccc(Cl)cc1. The van der Waals surface area contributed by atoms with Crippen LogP contribution >= 0.6 is 11.6 Å². The van der Waals surface area contributed by atoms with Crippen molar-refractivity contribution in [3.8, 4) is 17.6 Å². The smallest absolute Gasteiger partial charge is 0.314 e. The molecule has 0 aromatic heterocycles. The van der Waals surface area contributed by atoms with Crippen molar-refractivity contribution in [2.75, 3.05) is 0 Å². The van der Waals surface area contributed by atoms with Crippen molar-refractivity contribution in [3.05, 3.63) is 94.5 Å². The van der Waals surface area contributed by atoms with Crippen LogP contribution in [0.3, 0.4) is 0 Å². The molecule has 0 saturated carbocycles. The lowest BCUT2D eigenvalue weighted by Gasteiger charge is -2.20. The lowest BCUT2D eigenvalue weighted by atomic mass is 9.88. The molecule has 0 N–H and O–H groups in total. The molecule has 0 aliphatic carbocycles. The first-order chi connectivity index (χ1) is 14.5. The van der Waals surface area contributed by atoms with Crippen LogP contribution in [0.5, 0.6) is 11.5 Å². The molecule has 0 saturated heterocycles. The third-order valence-electron chi connectivity index (χ3n) is 4.66. The van der Waals surface area contributed by atoms with Crippen LogP contribution in [0.2, 0.25) is 5.02 Å². The van der Waals surface area contributed by atoms with E-state index in [9.17, 15) is 10.1 Å². The average molecular weight is 420 g/mol. The number of hydrogen-bond acceptors (Lipinski definition) is 4. The number of para-hydroxylation sites is 1. The highest BCUT2D eigenvalue weighted by atomic mass is 35.5. The molecule has 152 valence electrons. The van der Waals surface area contributed by atoms with Crippen LogP contribution in [0.25, 0.3) is 0 Å². The summed E-state index contributed by atoms with van der Waals surface area (Å²) in [6.07, 6.45) is 0. The van der Waals surface area contributed by atoms with Crippen molar-refractivity contribution in [1.82, 2.24) is 0 Å². The average Bonchev–Trinajstić information content (AvgIpc) is 2.74. The van der Waals surface area contributed by atoms with Gasteiger partial charge in [0, 0.05) is 5.02 Å². The van der Waals surface area contributed by atoms with Crippen LogP contribution in [0.4, 0.5) is 0 Å². The van der Waals surface area contributed by atoms with Crippen LogP contribution in [-0.4, -0.2) is 5.97 Å². The molecule has 1 unspecified atom stereocenters. The van der Waals surface area contributed by atoms with Gasteiger partial charge in [-0.25, -0.2) is 0 Å². The van der Waals surface area contributed by atoms with Crippen molar-refractivity contribution in [1.29, 1.82) is 5.26 Å². The monoisotopic (exact) mass is 419 g/mol. The Balaban J connectivity index is 1.69. The number of esters is 1. The van der Waals surface area contributed by atoms with Gasteiger partial charge in [0.1, 0.15) is 24.2 Å². The molecule has 0 amide bonds. The highest BCUT2D eigenvalue weighted by Gasteiger charge is 2.25. The predicted octanol–water partition coefficient (Wildman–Crippen LogP) is 6.49. The van der Waals surface area contributed by atoms with Gasteiger partial charge >= 0.3 is 5.97 Å². The number of benzene rings is 3. The predicted molar refractivity (Wildman–Crippen MR) is 117 cm³/mol. The van der Waals surface area contributed by atoms with E-state index in [0.29, 0.717) is 22.1 Å². The number of carbonyl (C=O) groups excluding carboxylic acids is 1. The van der Waals surface area contributed by atoms with E-state index < -0.39 is 0 Å². The van der Waals surface area contributed by atoms with E-state index in [1.807, 2.05) is 44.2 Å². The summed E-state index contributed by atoms with van der Waals surface area (Å²) in [5.74, 6) is 0.481. The molecule has 0 fully saturated rings. The minimum atomic E-state index is -0.371. The Kier molecular flexibility index (Phi) is 7.11. The minimum absolute atomic E-state index is 0.0795. The number of ether oxygens (including phenoxy) is 2. The third-order valence-corrected chi connectivity index (χ3v) is 4.92. The first kappa shape index (κ1) is 21.4. The Morgan fingerprint density at radius 1 is 1.03 bits per heavy atom. The molecular formula is C25H22ClNO3.